The van der Waals surface area contributed by atoms with Crippen LogP contribution in [0.5, 0.6) is 0 Å². The normalized spacial score (nSPS) is 21.5. The summed E-state index contributed by atoms with van der Waals surface area (Å²) in [7, 11) is 0. The third kappa shape index (κ3) is 1.37. The Hall–Kier alpha value is 0.597. The van der Waals surface area contributed by atoms with Gasteiger partial charge in [-0.15, -0.1) is 0 Å². The largest absolute Gasteiger partial charge is 1.00 e. The first-order valence-corrected chi connectivity index (χ1v) is 2.22. The zero-order chi connectivity index (χ0) is 3.70. The van der Waals surface area contributed by atoms with E-state index in [-0.39, 0.29) is 18.9 Å². The van der Waals surface area contributed by atoms with Gasteiger partial charge in [-0.3, -0.25) is 0 Å². The van der Waals surface area contributed by atoms with Crippen molar-refractivity contribution < 1.29 is 18.9 Å². The van der Waals surface area contributed by atoms with Crippen molar-refractivity contribution in [3.63, 3.8) is 0 Å². The smallest absolute Gasteiger partial charge is 0.340 e. The van der Waals surface area contributed by atoms with Crippen LogP contribution in [-0.2, 0) is 0 Å². The second-order valence-corrected chi connectivity index (χ2v) is 1.80. The SMILES string of the molecule is [CH2-]C1CCC1.[Li+]. The van der Waals surface area contributed by atoms with E-state index in [4.69, 9.17) is 0 Å². The third-order valence-corrected chi connectivity index (χ3v) is 1.22. The molecule has 0 aromatic rings. The van der Waals surface area contributed by atoms with Crippen molar-refractivity contribution in [2.24, 2.45) is 5.92 Å². The molecule has 0 aromatic carbocycles. The molecule has 0 heterocycles. The molecule has 0 nitrogen and oxygen atoms in total. The van der Waals surface area contributed by atoms with E-state index in [1.54, 1.807) is 0 Å². The summed E-state index contributed by atoms with van der Waals surface area (Å²) in [4.78, 5) is 0. The first kappa shape index (κ1) is 6.60. The zero-order valence-electron chi connectivity index (χ0n) is 4.41. The Labute approximate surface area is 51.5 Å². The van der Waals surface area contributed by atoms with Gasteiger partial charge in [0.1, 0.15) is 0 Å². The Balaban J connectivity index is 0.000000250. The quantitative estimate of drug-likeness (QED) is 0.246. The summed E-state index contributed by atoms with van der Waals surface area (Å²) in [5.74, 6) is 0.815. The molecule has 0 atom stereocenters. The Bertz CT molecular complexity index is 30.9. The number of rotatable bonds is 0. The first-order valence-electron chi connectivity index (χ1n) is 2.22. The van der Waals surface area contributed by atoms with E-state index < -0.39 is 0 Å². The van der Waals surface area contributed by atoms with Gasteiger partial charge >= 0.3 is 18.9 Å². The topological polar surface area (TPSA) is 0 Å². The van der Waals surface area contributed by atoms with Gasteiger partial charge in [0.15, 0.2) is 0 Å². The number of hydrogen-bond acceptors (Lipinski definition) is 0. The molecule has 0 spiro atoms. The average molecular weight is 76.1 g/mol. The van der Waals surface area contributed by atoms with Crippen molar-refractivity contribution in [1.82, 2.24) is 0 Å². The van der Waals surface area contributed by atoms with Crippen LogP contribution in [0.1, 0.15) is 19.3 Å². The van der Waals surface area contributed by atoms with Gasteiger partial charge in [-0.1, -0.05) is 19.3 Å². The van der Waals surface area contributed by atoms with Gasteiger partial charge in [0.25, 0.3) is 0 Å². The molecule has 30 valence electrons. The van der Waals surface area contributed by atoms with Crippen LogP contribution in [-0.4, -0.2) is 0 Å². The molecule has 0 bridgehead atoms. The van der Waals surface area contributed by atoms with Crippen LogP contribution in [0.4, 0.5) is 0 Å². The van der Waals surface area contributed by atoms with Gasteiger partial charge in [-0.2, -0.15) is 5.92 Å². The van der Waals surface area contributed by atoms with Crippen molar-refractivity contribution in [3.05, 3.63) is 6.92 Å². The molecule has 0 N–H and O–H groups in total. The Morgan fingerprint density at radius 3 is 1.67 bits per heavy atom. The molecule has 1 rings (SSSR count). The van der Waals surface area contributed by atoms with Crippen LogP contribution in [0.2, 0.25) is 0 Å². The fourth-order valence-electron chi connectivity index (χ4n) is 0.493. The molecule has 0 amide bonds. The zero-order valence-corrected chi connectivity index (χ0v) is 4.41. The summed E-state index contributed by atoms with van der Waals surface area (Å²) >= 11 is 0. The molecule has 1 aliphatic carbocycles. The minimum Gasteiger partial charge on any atom is -0.340 e. The molecule has 1 fully saturated rings. The van der Waals surface area contributed by atoms with Gasteiger partial charge in [-0.25, -0.2) is 0 Å². The van der Waals surface area contributed by atoms with Crippen LogP contribution in [0.3, 0.4) is 0 Å². The Morgan fingerprint density at radius 1 is 1.33 bits per heavy atom. The summed E-state index contributed by atoms with van der Waals surface area (Å²) in [5.41, 5.74) is 0. The summed E-state index contributed by atoms with van der Waals surface area (Å²) in [6, 6.07) is 0. The second-order valence-electron chi connectivity index (χ2n) is 1.80. The average Bonchev–Trinajstić information content (AvgIpc) is 1.30. The van der Waals surface area contributed by atoms with Crippen molar-refractivity contribution in [3.8, 4) is 0 Å². The van der Waals surface area contributed by atoms with Crippen LogP contribution in [0.15, 0.2) is 0 Å². The first-order chi connectivity index (χ1) is 2.39. The predicted octanol–water partition coefficient (Wildman–Crippen LogP) is -1.38. The molecule has 0 unspecified atom stereocenters. The molecule has 0 radical (unpaired) electrons. The molecule has 0 saturated heterocycles. The monoisotopic (exact) mass is 76.1 g/mol. The minimum absolute atomic E-state index is 0. The van der Waals surface area contributed by atoms with E-state index in [1.165, 1.54) is 19.3 Å². The van der Waals surface area contributed by atoms with Crippen molar-refractivity contribution in [1.29, 1.82) is 0 Å². The fourth-order valence-corrected chi connectivity index (χ4v) is 0.493. The molecule has 1 saturated carbocycles. The molecule has 0 aromatic heterocycles. The van der Waals surface area contributed by atoms with Crippen molar-refractivity contribution in [2.75, 3.05) is 0 Å². The molecule has 6 heavy (non-hydrogen) atoms. The van der Waals surface area contributed by atoms with Gasteiger partial charge < -0.3 is 6.92 Å². The van der Waals surface area contributed by atoms with E-state index in [1.807, 2.05) is 0 Å². The fraction of sp³-hybridized carbons (Fsp3) is 0.800. The minimum atomic E-state index is 0. The Morgan fingerprint density at radius 2 is 1.67 bits per heavy atom. The molecule has 1 aliphatic rings. The van der Waals surface area contributed by atoms with Crippen molar-refractivity contribution >= 4 is 0 Å². The van der Waals surface area contributed by atoms with Gasteiger partial charge in [-0.05, 0) is 0 Å². The van der Waals surface area contributed by atoms with Crippen molar-refractivity contribution in [2.45, 2.75) is 19.3 Å². The third-order valence-electron chi connectivity index (χ3n) is 1.22. The predicted molar refractivity (Wildman–Crippen MR) is 22.7 cm³/mol. The second kappa shape index (κ2) is 2.72. The maximum absolute atomic E-state index is 3.84. The van der Waals surface area contributed by atoms with Crippen LogP contribution in [0.25, 0.3) is 0 Å². The standard InChI is InChI=1S/C5H9.Li/c1-5-3-2-4-5;/h5H,1-4H2;/q-1;+1. The van der Waals surface area contributed by atoms with E-state index >= 15 is 0 Å². The maximum Gasteiger partial charge on any atom is 1.00 e. The Kier molecular flexibility index (Phi) is 2.99. The molecule has 0 aliphatic heterocycles. The number of hydrogen-bond donors (Lipinski definition) is 0. The summed E-state index contributed by atoms with van der Waals surface area (Å²) in [6.45, 7) is 3.84. The van der Waals surface area contributed by atoms with E-state index in [0.29, 0.717) is 0 Å². The van der Waals surface area contributed by atoms with E-state index in [9.17, 15) is 0 Å². The van der Waals surface area contributed by atoms with Gasteiger partial charge in [0, 0.05) is 0 Å². The summed E-state index contributed by atoms with van der Waals surface area (Å²) in [5, 5.41) is 0. The van der Waals surface area contributed by atoms with Gasteiger partial charge in [0.05, 0.1) is 0 Å². The van der Waals surface area contributed by atoms with Crippen LogP contribution < -0.4 is 18.9 Å². The molecular weight excluding hydrogens is 67.0 g/mol. The maximum atomic E-state index is 3.84. The molecular formula is C5H9Li. The molecule has 1 heteroatoms. The summed E-state index contributed by atoms with van der Waals surface area (Å²) in [6.07, 6.45) is 4.17. The van der Waals surface area contributed by atoms with E-state index in [2.05, 4.69) is 6.92 Å². The van der Waals surface area contributed by atoms with Crippen LogP contribution >= 0.6 is 0 Å². The van der Waals surface area contributed by atoms with Gasteiger partial charge in [0.2, 0.25) is 0 Å². The summed E-state index contributed by atoms with van der Waals surface area (Å²) < 4.78 is 0. The van der Waals surface area contributed by atoms with Crippen LogP contribution in [0, 0.1) is 12.8 Å². The van der Waals surface area contributed by atoms with E-state index in [0.717, 1.165) is 5.92 Å².